The van der Waals surface area contributed by atoms with E-state index in [1.54, 1.807) is 32.3 Å². The number of nitrogen functional groups attached to an aromatic ring is 1. The van der Waals surface area contributed by atoms with Gasteiger partial charge in [-0.25, -0.2) is 0 Å². The molecular formula is C12H17N3O3. The fraction of sp³-hybridized carbons (Fsp3) is 0.333. The van der Waals surface area contributed by atoms with Gasteiger partial charge in [0.05, 0.1) is 19.2 Å². The largest absolute Gasteiger partial charge is 0.497 e. The van der Waals surface area contributed by atoms with Gasteiger partial charge in [-0.1, -0.05) is 0 Å². The zero-order valence-electron chi connectivity index (χ0n) is 10.7. The third kappa shape index (κ3) is 3.38. The SMILES string of the molecule is COc1ccc(C(=O)NCC(=O)N(C)C)c(N)c1. The standard InChI is InChI=1S/C12H17N3O3/c1-15(2)11(16)7-14-12(17)9-5-4-8(18-3)6-10(9)13/h4-6H,7,13H2,1-3H3,(H,14,17). The van der Waals surface area contributed by atoms with E-state index in [4.69, 9.17) is 10.5 Å². The molecule has 6 nitrogen and oxygen atoms in total. The first-order chi connectivity index (χ1) is 8.45. The van der Waals surface area contributed by atoms with Crippen LogP contribution in [0.25, 0.3) is 0 Å². The van der Waals surface area contributed by atoms with Crippen molar-refractivity contribution in [2.24, 2.45) is 0 Å². The number of amides is 2. The Kier molecular flexibility index (Phi) is 4.53. The number of hydrogen-bond donors (Lipinski definition) is 2. The van der Waals surface area contributed by atoms with Gasteiger partial charge in [0, 0.05) is 25.8 Å². The lowest BCUT2D eigenvalue weighted by Crippen LogP contribution is -2.36. The maximum absolute atomic E-state index is 11.8. The molecule has 2 amide bonds. The quantitative estimate of drug-likeness (QED) is 0.743. The number of nitrogens with zero attached hydrogens (tertiary/aromatic N) is 1. The average molecular weight is 251 g/mol. The van der Waals surface area contributed by atoms with Crippen molar-refractivity contribution in [3.05, 3.63) is 23.8 Å². The predicted molar refractivity (Wildman–Crippen MR) is 68.4 cm³/mol. The van der Waals surface area contributed by atoms with E-state index in [9.17, 15) is 9.59 Å². The van der Waals surface area contributed by atoms with Gasteiger partial charge in [0.15, 0.2) is 0 Å². The Morgan fingerprint density at radius 1 is 1.39 bits per heavy atom. The van der Waals surface area contributed by atoms with Crippen LogP contribution in [0.4, 0.5) is 5.69 Å². The summed E-state index contributed by atoms with van der Waals surface area (Å²) < 4.78 is 4.99. The zero-order chi connectivity index (χ0) is 13.7. The lowest BCUT2D eigenvalue weighted by atomic mass is 10.1. The monoisotopic (exact) mass is 251 g/mol. The second-order valence-corrected chi connectivity index (χ2v) is 3.92. The second-order valence-electron chi connectivity index (χ2n) is 3.92. The van der Waals surface area contributed by atoms with E-state index >= 15 is 0 Å². The van der Waals surface area contributed by atoms with Crippen LogP contribution in [0.2, 0.25) is 0 Å². The molecule has 0 unspecified atom stereocenters. The van der Waals surface area contributed by atoms with Crippen LogP contribution < -0.4 is 15.8 Å². The number of benzene rings is 1. The molecule has 0 aromatic heterocycles. The molecule has 0 spiro atoms. The molecule has 0 heterocycles. The Labute approximate surface area is 106 Å². The molecule has 0 aliphatic heterocycles. The van der Waals surface area contributed by atoms with Gasteiger partial charge in [0.25, 0.3) is 5.91 Å². The van der Waals surface area contributed by atoms with Crippen LogP contribution in [-0.4, -0.2) is 44.5 Å². The summed E-state index contributed by atoms with van der Waals surface area (Å²) in [7, 11) is 4.76. The second kappa shape index (κ2) is 5.90. The van der Waals surface area contributed by atoms with Crippen LogP contribution in [0.1, 0.15) is 10.4 Å². The highest BCUT2D eigenvalue weighted by molar-refractivity contribution is 6.00. The molecular weight excluding hydrogens is 234 g/mol. The van der Waals surface area contributed by atoms with E-state index in [0.717, 1.165) is 0 Å². The van der Waals surface area contributed by atoms with Crippen molar-refractivity contribution < 1.29 is 14.3 Å². The first-order valence-electron chi connectivity index (χ1n) is 5.37. The van der Waals surface area contributed by atoms with Crippen molar-refractivity contribution in [3.8, 4) is 5.75 Å². The first kappa shape index (κ1) is 13.8. The van der Waals surface area contributed by atoms with E-state index in [2.05, 4.69) is 5.32 Å². The molecule has 0 aliphatic carbocycles. The zero-order valence-corrected chi connectivity index (χ0v) is 10.7. The van der Waals surface area contributed by atoms with Crippen molar-refractivity contribution >= 4 is 17.5 Å². The average Bonchev–Trinajstić information content (AvgIpc) is 2.34. The molecule has 18 heavy (non-hydrogen) atoms. The molecule has 0 saturated carbocycles. The van der Waals surface area contributed by atoms with E-state index in [1.807, 2.05) is 0 Å². The number of carbonyl (C=O) groups excluding carboxylic acids is 2. The minimum atomic E-state index is -0.384. The Balaban J connectivity index is 2.70. The van der Waals surface area contributed by atoms with E-state index < -0.39 is 0 Å². The van der Waals surface area contributed by atoms with Gasteiger partial charge in [-0.3, -0.25) is 9.59 Å². The Bertz CT molecular complexity index is 458. The third-order valence-corrected chi connectivity index (χ3v) is 2.40. The summed E-state index contributed by atoms with van der Waals surface area (Å²) in [6, 6.07) is 4.76. The van der Waals surface area contributed by atoms with Crippen LogP contribution in [0.3, 0.4) is 0 Å². The Hall–Kier alpha value is -2.24. The minimum Gasteiger partial charge on any atom is -0.497 e. The van der Waals surface area contributed by atoms with Gasteiger partial charge in [0.2, 0.25) is 5.91 Å². The smallest absolute Gasteiger partial charge is 0.253 e. The molecule has 0 saturated heterocycles. The number of anilines is 1. The number of methoxy groups -OCH3 is 1. The lowest BCUT2D eigenvalue weighted by molar-refractivity contribution is -0.127. The predicted octanol–water partition coefficient (Wildman–Crippen LogP) is 0.0954. The van der Waals surface area contributed by atoms with Crippen molar-refractivity contribution in [3.63, 3.8) is 0 Å². The van der Waals surface area contributed by atoms with Gasteiger partial charge in [0.1, 0.15) is 5.75 Å². The number of likely N-dealkylation sites (N-methyl/N-ethyl adjacent to an activating group) is 1. The van der Waals surface area contributed by atoms with Crippen LogP contribution in [0, 0.1) is 0 Å². The van der Waals surface area contributed by atoms with Gasteiger partial charge >= 0.3 is 0 Å². The first-order valence-corrected chi connectivity index (χ1v) is 5.37. The molecule has 1 rings (SSSR count). The normalized spacial score (nSPS) is 9.72. The van der Waals surface area contributed by atoms with Crippen LogP contribution in [0.15, 0.2) is 18.2 Å². The van der Waals surface area contributed by atoms with Crippen LogP contribution in [0.5, 0.6) is 5.75 Å². The number of rotatable bonds is 4. The highest BCUT2D eigenvalue weighted by Crippen LogP contribution is 2.19. The molecule has 6 heteroatoms. The number of hydrogen-bond acceptors (Lipinski definition) is 4. The van der Waals surface area contributed by atoms with Gasteiger partial charge in [-0.15, -0.1) is 0 Å². The fourth-order valence-corrected chi connectivity index (χ4v) is 1.28. The molecule has 0 aliphatic rings. The van der Waals surface area contributed by atoms with Crippen LogP contribution in [-0.2, 0) is 4.79 Å². The lowest BCUT2D eigenvalue weighted by Gasteiger charge is -2.12. The number of nitrogens with one attached hydrogen (secondary N) is 1. The number of ether oxygens (including phenoxy) is 1. The summed E-state index contributed by atoms with van der Waals surface area (Å²) in [5, 5.41) is 2.51. The fourth-order valence-electron chi connectivity index (χ4n) is 1.28. The van der Waals surface area contributed by atoms with Crippen molar-refractivity contribution in [1.82, 2.24) is 10.2 Å². The summed E-state index contributed by atoms with van der Waals surface area (Å²) in [5.41, 5.74) is 6.36. The molecule has 0 bridgehead atoms. The molecule has 3 N–H and O–H groups in total. The third-order valence-electron chi connectivity index (χ3n) is 2.40. The summed E-state index contributed by atoms with van der Waals surface area (Å²) in [4.78, 5) is 24.5. The molecule has 98 valence electrons. The number of nitrogens with two attached hydrogens (primary N) is 1. The highest BCUT2D eigenvalue weighted by Gasteiger charge is 2.12. The van der Waals surface area contributed by atoms with E-state index in [1.165, 1.54) is 12.0 Å². The van der Waals surface area contributed by atoms with Gasteiger partial charge in [-0.05, 0) is 12.1 Å². The summed E-state index contributed by atoms with van der Waals surface area (Å²) in [5.74, 6) is 0.00852. The Morgan fingerprint density at radius 3 is 2.56 bits per heavy atom. The Morgan fingerprint density at radius 2 is 2.06 bits per heavy atom. The topological polar surface area (TPSA) is 84.7 Å². The van der Waals surface area contributed by atoms with E-state index in [0.29, 0.717) is 17.0 Å². The van der Waals surface area contributed by atoms with Crippen molar-refractivity contribution in [1.29, 1.82) is 0 Å². The van der Waals surface area contributed by atoms with E-state index in [-0.39, 0.29) is 18.4 Å². The summed E-state index contributed by atoms with van der Waals surface area (Å²) in [6.07, 6.45) is 0. The minimum absolute atomic E-state index is 0.0582. The highest BCUT2D eigenvalue weighted by atomic mass is 16.5. The number of carbonyl (C=O) groups is 2. The molecule has 1 aromatic rings. The maximum atomic E-state index is 11.8. The summed E-state index contributed by atoms with van der Waals surface area (Å²) in [6.45, 7) is -0.0582. The summed E-state index contributed by atoms with van der Waals surface area (Å²) >= 11 is 0. The van der Waals surface area contributed by atoms with Gasteiger partial charge < -0.3 is 20.7 Å². The molecule has 0 atom stereocenters. The van der Waals surface area contributed by atoms with Crippen molar-refractivity contribution in [2.45, 2.75) is 0 Å². The van der Waals surface area contributed by atoms with Crippen LogP contribution >= 0.6 is 0 Å². The molecule has 0 radical (unpaired) electrons. The van der Waals surface area contributed by atoms with Gasteiger partial charge in [-0.2, -0.15) is 0 Å². The van der Waals surface area contributed by atoms with Crippen molar-refractivity contribution in [2.75, 3.05) is 33.5 Å². The maximum Gasteiger partial charge on any atom is 0.253 e. The molecule has 0 fully saturated rings. The molecule has 1 aromatic carbocycles.